The van der Waals surface area contributed by atoms with Gasteiger partial charge < -0.3 is 10.6 Å². The van der Waals surface area contributed by atoms with Crippen LogP contribution < -0.4 is 5.73 Å². The van der Waals surface area contributed by atoms with E-state index in [4.69, 9.17) is 5.73 Å². The number of primary amides is 1. The number of carbonyl (C=O) groups is 2. The number of carbonyl (C=O) groups excluding carboxylic acids is 2. The molecule has 0 saturated carbocycles. The molecule has 1 aromatic carbocycles. The van der Waals surface area contributed by atoms with Gasteiger partial charge in [0.05, 0.1) is 11.3 Å². The lowest BCUT2D eigenvalue weighted by molar-refractivity contribution is -0.115. The van der Waals surface area contributed by atoms with Gasteiger partial charge in [-0.05, 0) is 30.0 Å². The van der Waals surface area contributed by atoms with Gasteiger partial charge in [0.25, 0.3) is 5.91 Å². The Hall–Kier alpha value is -1.83. The van der Waals surface area contributed by atoms with E-state index in [1.807, 2.05) is 29.2 Å². The molecule has 0 bridgehead atoms. The SMILES string of the molecule is NC(=O)CSc1ccccc1C(=O)N1CCN(CCc2cccs2)CC1. The number of thioether (sulfide) groups is 1. The summed E-state index contributed by atoms with van der Waals surface area (Å²) in [7, 11) is 0. The fourth-order valence-corrected chi connectivity index (χ4v) is 4.47. The van der Waals surface area contributed by atoms with Gasteiger partial charge in [0, 0.05) is 42.5 Å². The molecular weight excluding hydrogens is 366 g/mol. The van der Waals surface area contributed by atoms with Crippen molar-refractivity contribution in [1.82, 2.24) is 9.80 Å². The van der Waals surface area contributed by atoms with E-state index in [-0.39, 0.29) is 17.6 Å². The standard InChI is InChI=1S/C19H23N3O2S2/c20-18(23)14-26-17-6-2-1-5-16(17)19(24)22-11-9-21(10-12-22)8-7-15-4-3-13-25-15/h1-6,13H,7-12,14H2,(H2,20,23). The van der Waals surface area contributed by atoms with Crippen molar-refractivity contribution in [2.45, 2.75) is 11.3 Å². The van der Waals surface area contributed by atoms with Crippen LogP contribution in [0.5, 0.6) is 0 Å². The molecule has 1 aliphatic rings. The van der Waals surface area contributed by atoms with Gasteiger partial charge in [-0.25, -0.2) is 0 Å². The third-order valence-corrected chi connectivity index (χ3v) is 6.43. The Morgan fingerprint density at radius 2 is 1.85 bits per heavy atom. The predicted octanol–water partition coefficient (Wildman–Crippen LogP) is 2.33. The Bertz CT molecular complexity index is 741. The quantitative estimate of drug-likeness (QED) is 0.738. The first-order chi connectivity index (χ1) is 12.6. The highest BCUT2D eigenvalue weighted by molar-refractivity contribution is 8.00. The smallest absolute Gasteiger partial charge is 0.255 e. The van der Waals surface area contributed by atoms with E-state index in [1.54, 1.807) is 11.3 Å². The molecule has 1 aliphatic heterocycles. The first kappa shape index (κ1) is 18.9. The molecule has 26 heavy (non-hydrogen) atoms. The van der Waals surface area contributed by atoms with Gasteiger partial charge in [-0.3, -0.25) is 14.5 Å². The minimum absolute atomic E-state index is 0.0375. The van der Waals surface area contributed by atoms with Gasteiger partial charge in [0.1, 0.15) is 0 Å². The minimum atomic E-state index is -0.378. The van der Waals surface area contributed by atoms with Crippen LogP contribution in [0.4, 0.5) is 0 Å². The van der Waals surface area contributed by atoms with E-state index >= 15 is 0 Å². The monoisotopic (exact) mass is 389 g/mol. The molecule has 2 aromatic rings. The number of nitrogens with zero attached hydrogens (tertiary/aromatic N) is 2. The van der Waals surface area contributed by atoms with Gasteiger partial charge in [-0.2, -0.15) is 0 Å². The molecule has 0 atom stereocenters. The lowest BCUT2D eigenvalue weighted by Gasteiger charge is -2.35. The topological polar surface area (TPSA) is 66.6 Å². The van der Waals surface area contributed by atoms with E-state index in [9.17, 15) is 9.59 Å². The van der Waals surface area contributed by atoms with Gasteiger partial charge in [-0.15, -0.1) is 23.1 Å². The predicted molar refractivity (Wildman–Crippen MR) is 107 cm³/mol. The van der Waals surface area contributed by atoms with Crippen LogP contribution in [-0.4, -0.2) is 60.1 Å². The van der Waals surface area contributed by atoms with E-state index in [0.29, 0.717) is 5.56 Å². The minimum Gasteiger partial charge on any atom is -0.369 e. The Labute approximate surface area is 162 Å². The zero-order chi connectivity index (χ0) is 18.4. The molecule has 3 rings (SSSR count). The number of thiophene rings is 1. The molecule has 1 saturated heterocycles. The molecule has 5 nitrogen and oxygen atoms in total. The van der Waals surface area contributed by atoms with Crippen LogP contribution in [0.25, 0.3) is 0 Å². The number of hydrogen-bond donors (Lipinski definition) is 1. The Morgan fingerprint density at radius 3 is 2.54 bits per heavy atom. The van der Waals surface area contributed by atoms with Crippen molar-refractivity contribution < 1.29 is 9.59 Å². The molecular formula is C19H23N3O2S2. The summed E-state index contributed by atoms with van der Waals surface area (Å²) in [5.74, 6) is -0.159. The maximum absolute atomic E-state index is 12.9. The van der Waals surface area contributed by atoms with Crippen molar-refractivity contribution in [3.63, 3.8) is 0 Å². The summed E-state index contributed by atoms with van der Waals surface area (Å²) in [5, 5.41) is 2.11. The van der Waals surface area contributed by atoms with Crippen molar-refractivity contribution in [3.05, 3.63) is 52.2 Å². The summed E-state index contributed by atoms with van der Waals surface area (Å²) in [4.78, 5) is 30.5. The second kappa shape index (κ2) is 9.21. The summed E-state index contributed by atoms with van der Waals surface area (Å²) in [6.07, 6.45) is 1.07. The highest BCUT2D eigenvalue weighted by atomic mass is 32.2. The molecule has 0 unspecified atom stereocenters. The normalized spacial score (nSPS) is 15.2. The summed E-state index contributed by atoms with van der Waals surface area (Å²) < 4.78 is 0. The van der Waals surface area contributed by atoms with Crippen LogP contribution in [0.2, 0.25) is 0 Å². The number of nitrogens with two attached hydrogens (primary N) is 1. The van der Waals surface area contributed by atoms with Crippen molar-refractivity contribution in [2.24, 2.45) is 5.73 Å². The zero-order valence-electron chi connectivity index (χ0n) is 14.6. The first-order valence-corrected chi connectivity index (χ1v) is 10.5. The summed E-state index contributed by atoms with van der Waals surface area (Å²) in [6, 6.07) is 11.7. The number of amides is 2. The average Bonchev–Trinajstić information content (AvgIpc) is 3.18. The van der Waals surface area contributed by atoms with Crippen LogP contribution in [-0.2, 0) is 11.2 Å². The van der Waals surface area contributed by atoms with Crippen LogP contribution >= 0.6 is 23.1 Å². The second-order valence-corrected chi connectivity index (χ2v) is 8.26. The third-order valence-electron chi connectivity index (χ3n) is 4.40. The third kappa shape index (κ3) is 5.09. The van der Waals surface area contributed by atoms with E-state index in [1.165, 1.54) is 16.6 Å². The van der Waals surface area contributed by atoms with Crippen molar-refractivity contribution in [1.29, 1.82) is 0 Å². The number of hydrogen-bond acceptors (Lipinski definition) is 5. The maximum atomic E-state index is 12.9. The van der Waals surface area contributed by atoms with Gasteiger partial charge >= 0.3 is 0 Å². The molecule has 2 heterocycles. The molecule has 2 N–H and O–H groups in total. The van der Waals surface area contributed by atoms with Gasteiger partial charge in [0.2, 0.25) is 5.91 Å². The van der Waals surface area contributed by atoms with E-state index in [2.05, 4.69) is 22.4 Å². The first-order valence-electron chi connectivity index (χ1n) is 8.67. The van der Waals surface area contributed by atoms with Crippen LogP contribution in [0.15, 0.2) is 46.7 Å². The molecule has 7 heteroatoms. The van der Waals surface area contributed by atoms with E-state index in [0.717, 1.165) is 44.0 Å². The molecule has 0 aliphatic carbocycles. The number of piperazine rings is 1. The number of benzene rings is 1. The van der Waals surface area contributed by atoms with Crippen LogP contribution in [0.1, 0.15) is 15.2 Å². The van der Waals surface area contributed by atoms with Crippen LogP contribution in [0, 0.1) is 0 Å². The van der Waals surface area contributed by atoms with E-state index < -0.39 is 0 Å². The molecule has 1 aromatic heterocycles. The van der Waals surface area contributed by atoms with Crippen LogP contribution in [0.3, 0.4) is 0 Å². The Kier molecular flexibility index (Phi) is 6.71. The Balaban J connectivity index is 1.54. The highest BCUT2D eigenvalue weighted by Gasteiger charge is 2.23. The summed E-state index contributed by atoms with van der Waals surface area (Å²) in [5.41, 5.74) is 5.89. The maximum Gasteiger partial charge on any atom is 0.255 e. The Morgan fingerprint density at radius 1 is 1.08 bits per heavy atom. The van der Waals surface area contributed by atoms with Gasteiger partial charge in [0.15, 0.2) is 0 Å². The lowest BCUT2D eigenvalue weighted by atomic mass is 10.1. The van der Waals surface area contributed by atoms with Crippen molar-refractivity contribution in [2.75, 3.05) is 38.5 Å². The molecule has 2 amide bonds. The zero-order valence-corrected chi connectivity index (χ0v) is 16.2. The lowest BCUT2D eigenvalue weighted by Crippen LogP contribution is -2.49. The van der Waals surface area contributed by atoms with Crippen molar-refractivity contribution >= 4 is 34.9 Å². The largest absolute Gasteiger partial charge is 0.369 e. The summed E-state index contributed by atoms with van der Waals surface area (Å²) in [6.45, 7) is 4.30. The number of rotatable bonds is 7. The second-order valence-electron chi connectivity index (χ2n) is 6.21. The fourth-order valence-electron chi connectivity index (χ4n) is 2.99. The molecule has 0 spiro atoms. The van der Waals surface area contributed by atoms with Gasteiger partial charge in [-0.1, -0.05) is 18.2 Å². The molecule has 1 fully saturated rings. The molecule has 138 valence electrons. The summed E-state index contributed by atoms with van der Waals surface area (Å²) >= 11 is 3.12. The fraction of sp³-hybridized carbons (Fsp3) is 0.368. The average molecular weight is 390 g/mol. The molecule has 0 radical (unpaired) electrons. The van der Waals surface area contributed by atoms with Crippen molar-refractivity contribution in [3.8, 4) is 0 Å². The highest BCUT2D eigenvalue weighted by Crippen LogP contribution is 2.24.